The van der Waals surface area contributed by atoms with Crippen molar-refractivity contribution in [1.82, 2.24) is 0 Å². The summed E-state index contributed by atoms with van der Waals surface area (Å²) >= 11 is 0. The first-order chi connectivity index (χ1) is 8.48. The summed E-state index contributed by atoms with van der Waals surface area (Å²) in [7, 11) is 0. The van der Waals surface area contributed by atoms with Crippen molar-refractivity contribution in [2.75, 3.05) is 0 Å². The number of rotatable bonds is 0. The van der Waals surface area contributed by atoms with Gasteiger partial charge in [-0.3, -0.25) is 0 Å². The number of aryl methyl sites for hydroxylation is 1. The van der Waals surface area contributed by atoms with Crippen LogP contribution >= 0.6 is 0 Å². The molecule has 92 valence electrons. The lowest BCUT2D eigenvalue weighted by Crippen LogP contribution is -2.13. The molecule has 0 amide bonds. The smallest absolute Gasteiger partial charge is 0.000788 e. The third kappa shape index (κ3) is 1.59. The van der Waals surface area contributed by atoms with E-state index < -0.39 is 0 Å². The van der Waals surface area contributed by atoms with Gasteiger partial charge >= 0.3 is 0 Å². The molecular weight excluding hydrogens is 216 g/mol. The van der Waals surface area contributed by atoms with Gasteiger partial charge in [0.25, 0.3) is 0 Å². The van der Waals surface area contributed by atoms with Gasteiger partial charge in [0.05, 0.1) is 0 Å². The van der Waals surface area contributed by atoms with Crippen LogP contribution in [0.2, 0.25) is 0 Å². The zero-order chi connectivity index (χ0) is 12.9. The zero-order valence-electron chi connectivity index (χ0n) is 11.7. The first-order valence-electron chi connectivity index (χ1n) is 6.70. The minimum Gasteiger partial charge on any atom is -0.0614 e. The summed E-state index contributed by atoms with van der Waals surface area (Å²) in [6.07, 6.45) is 1.10. The topological polar surface area (TPSA) is 0 Å². The van der Waals surface area contributed by atoms with Crippen LogP contribution in [0.25, 0.3) is 11.1 Å². The van der Waals surface area contributed by atoms with E-state index in [0.29, 0.717) is 0 Å². The molecule has 0 unspecified atom stereocenters. The molecule has 0 atom stereocenters. The van der Waals surface area contributed by atoms with Crippen LogP contribution in [0.3, 0.4) is 0 Å². The molecule has 0 nitrogen and oxygen atoms in total. The summed E-state index contributed by atoms with van der Waals surface area (Å²) in [4.78, 5) is 0. The standard InChI is InChI=1S/C18H20/c1-12-7-5-8-13-14-9-6-10-17(18(2,3)4)16(14)11-15(12)13/h5-10H,11H2,1-4H3. The molecular formula is C18H20. The molecule has 0 aromatic heterocycles. The lowest BCUT2D eigenvalue weighted by molar-refractivity contribution is 0.585. The van der Waals surface area contributed by atoms with Crippen molar-refractivity contribution in [1.29, 1.82) is 0 Å². The number of hydrogen-bond acceptors (Lipinski definition) is 0. The average molecular weight is 236 g/mol. The van der Waals surface area contributed by atoms with Crippen LogP contribution in [0.15, 0.2) is 36.4 Å². The molecule has 0 spiro atoms. The molecule has 2 aromatic carbocycles. The maximum absolute atomic E-state index is 2.30. The summed E-state index contributed by atoms with van der Waals surface area (Å²) in [5, 5.41) is 0. The molecule has 0 saturated heterocycles. The molecule has 0 aliphatic heterocycles. The Kier molecular flexibility index (Phi) is 2.38. The number of hydrogen-bond donors (Lipinski definition) is 0. The normalized spacial score (nSPS) is 13.3. The summed E-state index contributed by atoms with van der Waals surface area (Å²) in [5.41, 5.74) is 9.08. The Morgan fingerprint density at radius 3 is 2.11 bits per heavy atom. The molecule has 1 aliphatic carbocycles. The third-order valence-electron chi connectivity index (χ3n) is 4.04. The summed E-state index contributed by atoms with van der Waals surface area (Å²) in [6.45, 7) is 9.14. The van der Waals surface area contributed by atoms with Gasteiger partial charge in [-0.1, -0.05) is 57.2 Å². The maximum Gasteiger partial charge on any atom is -0.000788 e. The highest BCUT2D eigenvalue weighted by Gasteiger charge is 2.26. The van der Waals surface area contributed by atoms with Crippen LogP contribution in [0, 0.1) is 6.92 Å². The highest BCUT2D eigenvalue weighted by molar-refractivity contribution is 5.79. The van der Waals surface area contributed by atoms with E-state index in [1.165, 1.54) is 33.4 Å². The van der Waals surface area contributed by atoms with Crippen LogP contribution in [0.5, 0.6) is 0 Å². The Bertz CT molecular complexity index is 612. The van der Waals surface area contributed by atoms with Gasteiger partial charge in [-0.25, -0.2) is 0 Å². The van der Waals surface area contributed by atoms with Crippen molar-refractivity contribution < 1.29 is 0 Å². The van der Waals surface area contributed by atoms with E-state index in [1.54, 1.807) is 0 Å². The fourth-order valence-electron chi connectivity index (χ4n) is 3.10. The van der Waals surface area contributed by atoms with E-state index in [9.17, 15) is 0 Å². The summed E-state index contributed by atoms with van der Waals surface area (Å²) in [6, 6.07) is 13.4. The first kappa shape index (κ1) is 11.5. The summed E-state index contributed by atoms with van der Waals surface area (Å²) < 4.78 is 0. The van der Waals surface area contributed by atoms with E-state index in [1.807, 2.05) is 0 Å². The van der Waals surface area contributed by atoms with Gasteiger partial charge in [0, 0.05) is 0 Å². The molecule has 0 heterocycles. The fourth-order valence-corrected chi connectivity index (χ4v) is 3.10. The van der Waals surface area contributed by atoms with Crippen LogP contribution in [0.4, 0.5) is 0 Å². The van der Waals surface area contributed by atoms with Crippen molar-refractivity contribution >= 4 is 0 Å². The molecule has 3 rings (SSSR count). The minimum atomic E-state index is 0.224. The quantitative estimate of drug-likeness (QED) is 0.522. The number of benzene rings is 2. The van der Waals surface area contributed by atoms with Gasteiger partial charge in [0.1, 0.15) is 0 Å². The molecule has 1 aliphatic rings. The van der Waals surface area contributed by atoms with E-state index in [-0.39, 0.29) is 5.41 Å². The molecule has 0 fully saturated rings. The van der Waals surface area contributed by atoms with E-state index in [0.717, 1.165) is 6.42 Å². The van der Waals surface area contributed by atoms with Gasteiger partial charge in [-0.2, -0.15) is 0 Å². The molecule has 0 N–H and O–H groups in total. The largest absolute Gasteiger partial charge is 0.0614 e. The molecule has 2 aromatic rings. The Morgan fingerprint density at radius 2 is 1.44 bits per heavy atom. The van der Waals surface area contributed by atoms with Crippen molar-refractivity contribution in [3.8, 4) is 11.1 Å². The number of fused-ring (bicyclic) bond motifs is 3. The van der Waals surface area contributed by atoms with E-state index in [2.05, 4.69) is 64.1 Å². The second-order valence-electron chi connectivity index (χ2n) is 6.36. The lowest BCUT2D eigenvalue weighted by atomic mass is 9.82. The Hall–Kier alpha value is -1.56. The van der Waals surface area contributed by atoms with Gasteiger partial charge in [0.2, 0.25) is 0 Å². The van der Waals surface area contributed by atoms with E-state index >= 15 is 0 Å². The van der Waals surface area contributed by atoms with Gasteiger partial charge in [0.15, 0.2) is 0 Å². The van der Waals surface area contributed by atoms with Crippen molar-refractivity contribution in [2.24, 2.45) is 0 Å². The second kappa shape index (κ2) is 3.71. The molecule has 0 radical (unpaired) electrons. The molecule has 0 bridgehead atoms. The van der Waals surface area contributed by atoms with Gasteiger partial charge in [-0.05, 0) is 52.1 Å². The minimum absolute atomic E-state index is 0.224. The van der Waals surface area contributed by atoms with Gasteiger partial charge < -0.3 is 0 Å². The maximum atomic E-state index is 2.30. The molecule has 0 heteroatoms. The monoisotopic (exact) mass is 236 g/mol. The lowest BCUT2D eigenvalue weighted by Gasteiger charge is -2.22. The van der Waals surface area contributed by atoms with Crippen molar-refractivity contribution in [3.05, 3.63) is 58.7 Å². The van der Waals surface area contributed by atoms with Crippen LogP contribution in [-0.4, -0.2) is 0 Å². The Labute approximate surface area is 110 Å². The van der Waals surface area contributed by atoms with Crippen LogP contribution < -0.4 is 0 Å². The highest BCUT2D eigenvalue weighted by atomic mass is 14.3. The summed E-state index contributed by atoms with van der Waals surface area (Å²) in [5.74, 6) is 0. The SMILES string of the molecule is Cc1cccc2c1Cc1c-2cccc1C(C)(C)C. The highest BCUT2D eigenvalue weighted by Crippen LogP contribution is 2.42. The average Bonchev–Trinajstić information content (AvgIpc) is 2.68. The fraction of sp³-hybridized carbons (Fsp3) is 0.333. The van der Waals surface area contributed by atoms with Gasteiger partial charge in [-0.15, -0.1) is 0 Å². The first-order valence-corrected chi connectivity index (χ1v) is 6.70. The Balaban J connectivity index is 2.26. The van der Waals surface area contributed by atoms with Crippen LogP contribution in [-0.2, 0) is 11.8 Å². The molecule has 18 heavy (non-hydrogen) atoms. The zero-order valence-corrected chi connectivity index (χ0v) is 11.7. The van der Waals surface area contributed by atoms with Crippen LogP contribution in [0.1, 0.15) is 43.0 Å². The Morgan fingerprint density at radius 1 is 0.833 bits per heavy atom. The van der Waals surface area contributed by atoms with Crippen molar-refractivity contribution in [3.63, 3.8) is 0 Å². The second-order valence-corrected chi connectivity index (χ2v) is 6.36. The molecule has 0 saturated carbocycles. The third-order valence-corrected chi connectivity index (χ3v) is 4.04. The predicted molar refractivity (Wildman–Crippen MR) is 78.1 cm³/mol. The predicted octanol–water partition coefficient (Wildman–Crippen LogP) is 4.86. The van der Waals surface area contributed by atoms with Crippen molar-refractivity contribution in [2.45, 2.75) is 39.5 Å². The van der Waals surface area contributed by atoms with E-state index in [4.69, 9.17) is 0 Å².